The molecule has 4 rings (SSSR count). The monoisotopic (exact) mass is 362 g/mol. The van der Waals surface area contributed by atoms with Crippen molar-refractivity contribution in [3.63, 3.8) is 0 Å². The summed E-state index contributed by atoms with van der Waals surface area (Å²) in [5, 5.41) is 6.45. The molecule has 2 aromatic heterocycles. The quantitative estimate of drug-likeness (QED) is 0.414. The summed E-state index contributed by atoms with van der Waals surface area (Å²) in [6.45, 7) is 1.53. The smallest absolute Gasteiger partial charge is 0.345 e. The maximum Gasteiger partial charge on any atom is 0.345 e. The highest BCUT2D eigenvalue weighted by molar-refractivity contribution is 7.14. The summed E-state index contributed by atoms with van der Waals surface area (Å²) in [6.07, 6.45) is 0. The minimum atomic E-state index is -0.417. The number of aromatic nitrogens is 1. The van der Waals surface area contributed by atoms with Crippen LogP contribution in [0.5, 0.6) is 0 Å². The van der Waals surface area contributed by atoms with Gasteiger partial charge in [0.05, 0.1) is 11.3 Å². The van der Waals surface area contributed by atoms with Crippen molar-refractivity contribution in [2.24, 2.45) is 0 Å². The van der Waals surface area contributed by atoms with E-state index in [0.717, 1.165) is 11.1 Å². The third-order valence-corrected chi connectivity index (χ3v) is 4.70. The van der Waals surface area contributed by atoms with Crippen LogP contribution in [0, 0.1) is 0 Å². The fraction of sp³-hybridized carbons (Fsp3) is 0.0500. The van der Waals surface area contributed by atoms with Crippen molar-refractivity contribution in [3.8, 4) is 11.3 Å². The van der Waals surface area contributed by atoms with E-state index >= 15 is 0 Å². The molecule has 6 heteroatoms. The third-order valence-electron chi connectivity index (χ3n) is 3.94. The van der Waals surface area contributed by atoms with Gasteiger partial charge in [-0.2, -0.15) is 0 Å². The molecule has 2 heterocycles. The summed E-state index contributed by atoms with van der Waals surface area (Å²) in [6, 6.07) is 16.4. The molecule has 0 amide bonds. The van der Waals surface area contributed by atoms with E-state index in [9.17, 15) is 9.59 Å². The molecular formula is C20H14N2O3S. The van der Waals surface area contributed by atoms with Crippen molar-refractivity contribution < 1.29 is 9.21 Å². The summed E-state index contributed by atoms with van der Waals surface area (Å²) >= 11 is 1.38. The van der Waals surface area contributed by atoms with E-state index in [1.807, 2.05) is 30.3 Å². The van der Waals surface area contributed by atoms with Gasteiger partial charge in [0.1, 0.15) is 5.58 Å². The lowest BCUT2D eigenvalue weighted by Gasteiger charge is -2.04. The van der Waals surface area contributed by atoms with Gasteiger partial charge in [0.25, 0.3) is 0 Å². The van der Waals surface area contributed by atoms with E-state index < -0.39 is 5.63 Å². The van der Waals surface area contributed by atoms with Crippen LogP contribution in [-0.4, -0.2) is 10.8 Å². The predicted molar refractivity (Wildman–Crippen MR) is 103 cm³/mol. The van der Waals surface area contributed by atoms with Crippen molar-refractivity contribution in [3.05, 3.63) is 76.0 Å². The maximum absolute atomic E-state index is 12.3. The Morgan fingerprint density at radius 1 is 1.12 bits per heavy atom. The number of benzene rings is 2. The summed E-state index contributed by atoms with van der Waals surface area (Å²) in [4.78, 5) is 28.2. The fourth-order valence-electron chi connectivity index (χ4n) is 2.63. The number of carbonyl (C=O) groups is 1. The number of thiazole rings is 1. The minimum Gasteiger partial charge on any atom is -0.422 e. The molecule has 0 atom stereocenters. The second kappa shape index (κ2) is 6.57. The lowest BCUT2D eigenvalue weighted by Crippen LogP contribution is -2.03. The summed E-state index contributed by atoms with van der Waals surface area (Å²) < 4.78 is 5.37. The molecular weight excluding hydrogens is 348 g/mol. The average Bonchev–Trinajstić information content (AvgIpc) is 3.09. The molecule has 0 fully saturated rings. The lowest BCUT2D eigenvalue weighted by molar-refractivity contribution is 0.101. The highest BCUT2D eigenvalue weighted by Gasteiger charge is 2.12. The Balaban J connectivity index is 1.66. The van der Waals surface area contributed by atoms with E-state index in [4.69, 9.17) is 4.42 Å². The number of rotatable bonds is 4. The normalized spacial score (nSPS) is 10.8. The fourth-order valence-corrected chi connectivity index (χ4v) is 3.37. The van der Waals surface area contributed by atoms with Gasteiger partial charge in [-0.15, -0.1) is 11.3 Å². The number of Topliss-reactive ketones (excluding diaryl/α,β-unsaturated/α-hetero) is 1. The zero-order valence-electron chi connectivity index (χ0n) is 13.9. The Labute approximate surface area is 152 Å². The van der Waals surface area contributed by atoms with Crippen molar-refractivity contribution >= 4 is 38.9 Å². The third kappa shape index (κ3) is 3.14. The molecule has 0 saturated heterocycles. The van der Waals surface area contributed by atoms with Crippen LogP contribution in [0.25, 0.3) is 22.2 Å². The zero-order chi connectivity index (χ0) is 18.1. The molecule has 4 aromatic rings. The molecule has 26 heavy (non-hydrogen) atoms. The van der Waals surface area contributed by atoms with Crippen molar-refractivity contribution in [1.29, 1.82) is 0 Å². The molecule has 0 saturated carbocycles. The molecule has 0 bridgehead atoms. The highest BCUT2D eigenvalue weighted by Crippen LogP contribution is 2.27. The van der Waals surface area contributed by atoms with Gasteiger partial charge in [-0.3, -0.25) is 4.79 Å². The molecule has 128 valence electrons. The van der Waals surface area contributed by atoms with Crippen LogP contribution >= 0.6 is 11.3 Å². The molecule has 0 spiro atoms. The zero-order valence-corrected chi connectivity index (χ0v) is 14.7. The first-order valence-corrected chi connectivity index (χ1v) is 8.85. The summed E-state index contributed by atoms with van der Waals surface area (Å²) in [5.41, 5.74) is 2.51. The second-order valence-electron chi connectivity index (χ2n) is 5.79. The van der Waals surface area contributed by atoms with Crippen LogP contribution < -0.4 is 10.9 Å². The number of ketones is 1. The Morgan fingerprint density at radius 3 is 2.81 bits per heavy atom. The van der Waals surface area contributed by atoms with Gasteiger partial charge >= 0.3 is 5.63 Å². The standard InChI is InChI=1S/C20H14N2O3S/c1-12(23)13-6-4-7-15(9-13)21-20-22-17(11-26-20)16-10-14-5-2-3-8-18(14)25-19(16)24/h2-11H,1H3,(H,21,22). The number of nitrogens with zero attached hydrogens (tertiary/aromatic N) is 1. The first kappa shape index (κ1) is 16.2. The number of anilines is 2. The Hall–Kier alpha value is -3.25. The number of hydrogen-bond acceptors (Lipinski definition) is 6. The average molecular weight is 362 g/mol. The topological polar surface area (TPSA) is 72.2 Å². The first-order chi connectivity index (χ1) is 12.6. The maximum atomic E-state index is 12.3. The van der Waals surface area contributed by atoms with E-state index in [-0.39, 0.29) is 5.78 Å². The van der Waals surface area contributed by atoms with Crippen LogP contribution in [0.3, 0.4) is 0 Å². The van der Waals surface area contributed by atoms with E-state index in [0.29, 0.717) is 27.5 Å². The SMILES string of the molecule is CC(=O)c1cccc(Nc2nc(-c3cc4ccccc4oc3=O)cs2)c1. The highest BCUT2D eigenvalue weighted by atomic mass is 32.1. The molecule has 0 aliphatic rings. The number of carbonyl (C=O) groups excluding carboxylic acids is 1. The van der Waals surface area contributed by atoms with E-state index in [1.54, 1.807) is 29.6 Å². The Kier molecular flexibility index (Phi) is 4.10. The van der Waals surface area contributed by atoms with Crippen LogP contribution in [0.2, 0.25) is 0 Å². The predicted octanol–water partition coefficient (Wildman–Crippen LogP) is 4.86. The summed E-state index contributed by atoms with van der Waals surface area (Å²) in [7, 11) is 0. The van der Waals surface area contributed by atoms with Gasteiger partial charge in [0, 0.05) is 22.0 Å². The number of para-hydroxylation sites is 1. The van der Waals surface area contributed by atoms with Gasteiger partial charge in [0.15, 0.2) is 10.9 Å². The minimum absolute atomic E-state index is 0.00208. The lowest BCUT2D eigenvalue weighted by atomic mass is 10.1. The van der Waals surface area contributed by atoms with E-state index in [1.165, 1.54) is 18.3 Å². The van der Waals surface area contributed by atoms with Gasteiger partial charge in [-0.1, -0.05) is 30.3 Å². The molecule has 0 radical (unpaired) electrons. The molecule has 0 aliphatic carbocycles. The largest absolute Gasteiger partial charge is 0.422 e. The van der Waals surface area contributed by atoms with Gasteiger partial charge in [-0.05, 0) is 31.2 Å². The van der Waals surface area contributed by atoms with Gasteiger partial charge in [0.2, 0.25) is 0 Å². The molecule has 0 aliphatic heterocycles. The van der Waals surface area contributed by atoms with Crippen LogP contribution in [0.15, 0.2) is 69.2 Å². The second-order valence-corrected chi connectivity index (χ2v) is 6.64. The summed E-state index contributed by atoms with van der Waals surface area (Å²) in [5.74, 6) is 0.00208. The van der Waals surface area contributed by atoms with Crippen molar-refractivity contribution in [2.75, 3.05) is 5.32 Å². The van der Waals surface area contributed by atoms with Gasteiger partial charge < -0.3 is 9.73 Å². The number of nitrogens with one attached hydrogen (secondary N) is 1. The molecule has 5 nitrogen and oxygen atoms in total. The van der Waals surface area contributed by atoms with Crippen LogP contribution in [0.4, 0.5) is 10.8 Å². The van der Waals surface area contributed by atoms with Crippen molar-refractivity contribution in [1.82, 2.24) is 4.98 Å². The van der Waals surface area contributed by atoms with Crippen LogP contribution in [0.1, 0.15) is 17.3 Å². The Bertz CT molecular complexity index is 1180. The molecule has 0 unspecified atom stereocenters. The van der Waals surface area contributed by atoms with E-state index in [2.05, 4.69) is 10.3 Å². The van der Waals surface area contributed by atoms with Gasteiger partial charge in [-0.25, -0.2) is 9.78 Å². The Morgan fingerprint density at radius 2 is 1.96 bits per heavy atom. The van der Waals surface area contributed by atoms with Crippen molar-refractivity contribution in [2.45, 2.75) is 6.92 Å². The molecule has 2 aromatic carbocycles. The molecule has 1 N–H and O–H groups in total. The number of fused-ring (bicyclic) bond motifs is 1. The number of hydrogen-bond donors (Lipinski definition) is 1. The van der Waals surface area contributed by atoms with Crippen LogP contribution in [-0.2, 0) is 0 Å². The first-order valence-electron chi connectivity index (χ1n) is 7.97.